The molecule has 5 heterocycles. The van der Waals surface area contributed by atoms with Crippen LogP contribution in [0.3, 0.4) is 0 Å². The van der Waals surface area contributed by atoms with Crippen molar-refractivity contribution in [3.63, 3.8) is 0 Å². The van der Waals surface area contributed by atoms with Gasteiger partial charge in [-0.15, -0.1) is 11.3 Å². The predicted octanol–water partition coefficient (Wildman–Crippen LogP) is 4.92. The fourth-order valence-corrected chi connectivity index (χ4v) is 9.02. The third-order valence-corrected chi connectivity index (χ3v) is 11.8. The number of fused-ring (bicyclic) bond motifs is 2. The Labute approximate surface area is 281 Å². The van der Waals surface area contributed by atoms with Gasteiger partial charge in [-0.3, -0.25) is 9.80 Å². The number of halogens is 4. The first-order valence-electron chi connectivity index (χ1n) is 15.9. The molecule has 1 atom stereocenters. The maximum Gasteiger partial charge on any atom is 0.393 e. The van der Waals surface area contributed by atoms with Crippen LogP contribution in [0.5, 0.6) is 0 Å². The van der Waals surface area contributed by atoms with E-state index in [0.29, 0.717) is 47.9 Å². The molecule has 16 heteroatoms. The zero-order valence-corrected chi connectivity index (χ0v) is 28.4. The molecule has 2 saturated heterocycles. The van der Waals surface area contributed by atoms with Crippen LogP contribution in [-0.2, 0) is 29.5 Å². The first-order valence-corrected chi connectivity index (χ1v) is 18.6. The van der Waals surface area contributed by atoms with Gasteiger partial charge in [0.05, 0.1) is 24.1 Å². The number of benzene rings is 1. The number of rotatable bonds is 10. The van der Waals surface area contributed by atoms with Gasteiger partial charge in [0.25, 0.3) is 0 Å². The van der Waals surface area contributed by atoms with Gasteiger partial charge in [-0.25, -0.2) is 22.8 Å². The van der Waals surface area contributed by atoms with Gasteiger partial charge in [0, 0.05) is 74.2 Å². The van der Waals surface area contributed by atoms with Gasteiger partial charge in [0.1, 0.15) is 35.4 Å². The first kappa shape index (κ1) is 34.5. The Hall–Kier alpha value is -3.36. The summed E-state index contributed by atoms with van der Waals surface area (Å²) < 4.78 is 79.8. The number of nitrogens with one attached hydrogen (secondary N) is 1. The number of hydrogen-bond acceptors (Lipinski definition) is 9. The van der Waals surface area contributed by atoms with E-state index < -0.39 is 35.3 Å². The lowest BCUT2D eigenvalue weighted by Crippen LogP contribution is -2.56. The Balaban J connectivity index is 1.07. The third kappa shape index (κ3) is 7.60. The summed E-state index contributed by atoms with van der Waals surface area (Å²) in [6.07, 6.45) is -1.05. The second kappa shape index (κ2) is 13.9. The Morgan fingerprint density at radius 3 is 2.52 bits per heavy atom. The molecule has 0 spiro atoms. The summed E-state index contributed by atoms with van der Waals surface area (Å²) in [4.78, 5) is 13.7. The molecule has 4 aromatic rings. The molecule has 2 aliphatic heterocycles. The molecule has 1 aromatic carbocycles. The van der Waals surface area contributed by atoms with Crippen molar-refractivity contribution in [1.82, 2.24) is 28.6 Å². The minimum absolute atomic E-state index is 0.135. The van der Waals surface area contributed by atoms with Crippen LogP contribution in [0.25, 0.3) is 21.1 Å². The molecule has 1 N–H and O–H groups in total. The lowest BCUT2D eigenvalue weighted by Gasteiger charge is -2.38. The molecule has 0 amide bonds. The summed E-state index contributed by atoms with van der Waals surface area (Å²) in [7, 11) is -3.48. The van der Waals surface area contributed by atoms with Gasteiger partial charge in [-0.1, -0.05) is 6.07 Å². The number of anilines is 1. The van der Waals surface area contributed by atoms with Crippen molar-refractivity contribution in [2.75, 3.05) is 57.5 Å². The average Bonchev–Trinajstić information content (AvgIpc) is 3.62. The Morgan fingerprint density at radius 1 is 1.06 bits per heavy atom. The molecule has 10 nitrogen and oxygen atoms in total. The first-order chi connectivity index (χ1) is 22.8. The van der Waals surface area contributed by atoms with E-state index in [2.05, 4.69) is 44.1 Å². The summed E-state index contributed by atoms with van der Waals surface area (Å²) in [5, 5.41) is 15.0. The van der Waals surface area contributed by atoms with Gasteiger partial charge in [0.15, 0.2) is 0 Å². The molecule has 0 saturated carbocycles. The van der Waals surface area contributed by atoms with Crippen LogP contribution in [0, 0.1) is 18.3 Å². The zero-order valence-electron chi connectivity index (χ0n) is 26.8. The van der Waals surface area contributed by atoms with Crippen LogP contribution in [0.4, 0.5) is 23.4 Å². The number of nitrogens with zero attached hydrogens (tertiary/aromatic N) is 7. The highest BCUT2D eigenvalue weighted by Gasteiger charge is 2.33. The third-order valence-electron chi connectivity index (χ3n) is 9.42. The van der Waals surface area contributed by atoms with Gasteiger partial charge in [0.2, 0.25) is 10.0 Å². The van der Waals surface area contributed by atoms with Crippen molar-refractivity contribution in [3.8, 4) is 6.07 Å². The van der Waals surface area contributed by atoms with E-state index in [-0.39, 0.29) is 17.5 Å². The van der Waals surface area contributed by atoms with Gasteiger partial charge < -0.3 is 9.88 Å². The number of thiophene rings is 1. The maximum atomic E-state index is 13.7. The fraction of sp³-hybridized carbons (Fsp3) is 0.531. The summed E-state index contributed by atoms with van der Waals surface area (Å²) in [6, 6.07) is 9.36. The number of nitriles is 1. The van der Waals surface area contributed by atoms with E-state index in [1.807, 2.05) is 16.7 Å². The normalized spacial score (nSPS) is 19.3. The molecule has 2 aliphatic rings. The lowest BCUT2D eigenvalue weighted by molar-refractivity contribution is -0.126. The number of aryl methyl sites for hydroxylation is 1. The van der Waals surface area contributed by atoms with Gasteiger partial charge in [-0.2, -0.15) is 22.7 Å². The van der Waals surface area contributed by atoms with Crippen LogP contribution in [0.2, 0.25) is 0 Å². The standard InChI is InChI=1S/C32H38F4N8O2S2/c1-21-22(18-41-7-5-23(6-8-41)40-30-28-14-26(15-32(34,35)36)47-31(28)39-20-38-30)3-4-29-27(21)13-24(17-37)43(29)11-9-42-10-12-44(48(2,45)46)25(16-33)19-42/h3-4,13-14,20,23,25H,5-12,15-16,18-19H2,1-2H3,(H,38,39,40). The molecule has 3 aromatic heterocycles. The molecule has 0 bridgehead atoms. The van der Waals surface area contributed by atoms with E-state index in [4.69, 9.17) is 0 Å². The quantitative estimate of drug-likeness (QED) is 0.232. The molecule has 48 heavy (non-hydrogen) atoms. The van der Waals surface area contributed by atoms with Crippen molar-refractivity contribution in [1.29, 1.82) is 5.26 Å². The molecular formula is C32H38F4N8O2S2. The van der Waals surface area contributed by atoms with Crippen LogP contribution < -0.4 is 5.32 Å². The highest BCUT2D eigenvalue weighted by Crippen LogP contribution is 2.33. The average molecular weight is 707 g/mol. The molecule has 2 fully saturated rings. The fourth-order valence-electron chi connectivity index (χ4n) is 6.91. The number of piperazine rings is 1. The van der Waals surface area contributed by atoms with E-state index in [1.54, 1.807) is 6.07 Å². The molecule has 1 unspecified atom stereocenters. The molecule has 0 radical (unpaired) electrons. The van der Waals surface area contributed by atoms with Crippen molar-refractivity contribution in [2.45, 2.75) is 57.5 Å². The second-order valence-electron chi connectivity index (χ2n) is 12.7. The Morgan fingerprint density at radius 2 is 1.83 bits per heavy atom. The van der Waals surface area contributed by atoms with Crippen LogP contribution in [0.15, 0.2) is 30.6 Å². The minimum atomic E-state index is -4.28. The largest absolute Gasteiger partial charge is 0.393 e. The van der Waals surface area contributed by atoms with Crippen molar-refractivity contribution < 1.29 is 26.0 Å². The van der Waals surface area contributed by atoms with Crippen molar-refractivity contribution >= 4 is 48.3 Å². The number of alkyl halides is 4. The summed E-state index contributed by atoms with van der Waals surface area (Å²) in [5.41, 5.74) is 3.78. The zero-order chi connectivity index (χ0) is 34.2. The predicted molar refractivity (Wildman–Crippen MR) is 178 cm³/mol. The SMILES string of the molecule is Cc1c(CN2CCC(Nc3ncnc4sc(CC(F)(F)F)cc34)CC2)ccc2c1cc(C#N)n2CCN1CCN(S(C)(=O)=O)C(CF)C1. The van der Waals surface area contributed by atoms with Crippen molar-refractivity contribution in [3.05, 3.63) is 52.3 Å². The number of hydrogen-bond donors (Lipinski definition) is 1. The van der Waals surface area contributed by atoms with Crippen LogP contribution >= 0.6 is 11.3 Å². The summed E-state index contributed by atoms with van der Waals surface area (Å²) in [5.74, 6) is 0.570. The Kier molecular flexibility index (Phi) is 9.97. The highest BCUT2D eigenvalue weighted by molar-refractivity contribution is 7.88. The number of aromatic nitrogens is 3. The minimum Gasteiger partial charge on any atom is -0.367 e. The topological polar surface area (TPSA) is 110 Å². The van der Waals surface area contributed by atoms with Crippen LogP contribution in [-0.4, -0.2) is 108 Å². The van der Waals surface area contributed by atoms with Crippen molar-refractivity contribution in [2.24, 2.45) is 0 Å². The summed E-state index contributed by atoms with van der Waals surface area (Å²) >= 11 is 1.05. The van der Waals surface area contributed by atoms with E-state index in [1.165, 1.54) is 16.2 Å². The van der Waals surface area contributed by atoms with E-state index >= 15 is 0 Å². The monoisotopic (exact) mass is 706 g/mol. The second-order valence-corrected chi connectivity index (χ2v) is 15.7. The lowest BCUT2D eigenvalue weighted by atomic mass is 10.0. The number of likely N-dealkylation sites (tertiary alicyclic amines) is 1. The van der Waals surface area contributed by atoms with Gasteiger partial charge in [-0.05, 0) is 49.1 Å². The molecule has 258 valence electrons. The smallest absolute Gasteiger partial charge is 0.367 e. The highest BCUT2D eigenvalue weighted by atomic mass is 32.2. The number of piperidine rings is 1. The summed E-state index contributed by atoms with van der Waals surface area (Å²) in [6.45, 7) is 5.89. The maximum absolute atomic E-state index is 13.7. The molecular weight excluding hydrogens is 669 g/mol. The molecule has 6 rings (SSSR count). The molecule has 0 aliphatic carbocycles. The van der Waals surface area contributed by atoms with E-state index in [0.717, 1.165) is 66.5 Å². The Bertz CT molecular complexity index is 1930. The van der Waals surface area contributed by atoms with Gasteiger partial charge >= 0.3 is 6.18 Å². The van der Waals surface area contributed by atoms with E-state index in [9.17, 15) is 31.2 Å². The number of sulfonamides is 1. The van der Waals surface area contributed by atoms with Crippen LogP contribution in [0.1, 0.15) is 34.5 Å².